The predicted octanol–water partition coefficient (Wildman–Crippen LogP) is 6.43. The Morgan fingerprint density at radius 2 is 0.596 bits per heavy atom. The standard InChI is InChI=1S/C40H44N4O8/c1-5-9-21-49-37(45)33-25-13-15-27(41-25)34(38(46)50-22-10-6-2)29-17-19-31(43-29)36(40(48)52-24-12-8-4)32-20-18-30(44-32)35(28-16-14-26(33)42-28)39(47)51-23-11-7-3/h13-20H,5-12,21-24H2,1-4H3. The molecule has 0 aromatic heterocycles. The first-order valence-corrected chi connectivity index (χ1v) is 18.0. The summed E-state index contributed by atoms with van der Waals surface area (Å²) in [5, 5.41) is 0. The zero-order chi connectivity index (χ0) is 37.0. The number of esters is 4. The van der Waals surface area contributed by atoms with Crippen LogP contribution in [0.3, 0.4) is 0 Å². The highest BCUT2D eigenvalue weighted by Gasteiger charge is 2.33. The summed E-state index contributed by atoms with van der Waals surface area (Å²) in [4.78, 5) is 73.7. The van der Waals surface area contributed by atoms with Crippen LogP contribution < -0.4 is 0 Å². The third kappa shape index (κ3) is 8.67. The van der Waals surface area contributed by atoms with E-state index in [1.54, 1.807) is 48.6 Å². The molecule has 0 spiro atoms. The molecule has 0 aromatic carbocycles. The molecule has 5 aliphatic rings. The predicted molar refractivity (Wildman–Crippen MR) is 198 cm³/mol. The fraction of sp³-hybridized carbons (Fsp3) is 0.400. The van der Waals surface area contributed by atoms with Crippen molar-refractivity contribution < 1.29 is 38.1 Å². The zero-order valence-electron chi connectivity index (χ0n) is 30.2. The van der Waals surface area contributed by atoms with Gasteiger partial charge in [-0.3, -0.25) is 0 Å². The second-order valence-corrected chi connectivity index (χ2v) is 12.3. The summed E-state index contributed by atoms with van der Waals surface area (Å²) in [6.07, 6.45) is 18.6. The molecule has 0 saturated heterocycles. The Hall–Kier alpha value is -5.52. The first-order valence-electron chi connectivity index (χ1n) is 18.0. The van der Waals surface area contributed by atoms with Crippen LogP contribution in [0.1, 0.15) is 79.1 Å². The van der Waals surface area contributed by atoms with Gasteiger partial charge >= 0.3 is 23.9 Å². The largest absolute Gasteiger partial charge is 0.462 e. The van der Waals surface area contributed by atoms with Gasteiger partial charge in [-0.25, -0.2) is 39.1 Å². The van der Waals surface area contributed by atoms with E-state index in [4.69, 9.17) is 38.9 Å². The summed E-state index contributed by atoms with van der Waals surface area (Å²) in [7, 11) is 0. The number of carbonyl (C=O) groups is 4. The van der Waals surface area contributed by atoms with E-state index in [1.807, 2.05) is 27.7 Å². The van der Waals surface area contributed by atoms with Gasteiger partial charge in [0.05, 0.1) is 72.1 Å². The molecule has 0 aliphatic carbocycles. The number of unbranched alkanes of at least 4 members (excludes halogenated alkanes) is 4. The molecule has 0 N–H and O–H groups in total. The highest BCUT2D eigenvalue weighted by molar-refractivity contribution is 6.33. The molecule has 5 rings (SSSR count). The van der Waals surface area contributed by atoms with Crippen molar-refractivity contribution in [1.29, 1.82) is 0 Å². The average molecular weight is 709 g/mol. The minimum Gasteiger partial charge on any atom is -0.462 e. The molecule has 272 valence electrons. The van der Waals surface area contributed by atoms with Crippen molar-refractivity contribution in [3.05, 3.63) is 93.7 Å². The number of hydrogen-bond acceptors (Lipinski definition) is 12. The van der Waals surface area contributed by atoms with Crippen molar-refractivity contribution in [3.63, 3.8) is 0 Å². The Kier molecular flexibility index (Phi) is 13.1. The Morgan fingerprint density at radius 1 is 0.385 bits per heavy atom. The lowest BCUT2D eigenvalue weighted by Gasteiger charge is -2.11. The van der Waals surface area contributed by atoms with Crippen LogP contribution in [0, 0.1) is 0 Å². The van der Waals surface area contributed by atoms with Crippen LogP contribution in [0.5, 0.6) is 0 Å². The average Bonchev–Trinajstić information content (AvgIpc) is 3.96. The maximum atomic E-state index is 13.7. The number of ether oxygens (including phenoxy) is 4. The van der Waals surface area contributed by atoms with Gasteiger partial charge < -0.3 is 18.9 Å². The molecule has 0 unspecified atom stereocenters. The molecule has 8 bridgehead atoms. The molecule has 5 heterocycles. The maximum Gasteiger partial charge on any atom is 0.342 e. The molecule has 52 heavy (non-hydrogen) atoms. The first kappa shape index (κ1) is 37.7. The van der Waals surface area contributed by atoms with Gasteiger partial charge in [0.15, 0.2) is 0 Å². The highest BCUT2D eigenvalue weighted by atomic mass is 16.5. The molecule has 0 atom stereocenters. The van der Waals surface area contributed by atoms with Crippen LogP contribution in [-0.2, 0) is 38.1 Å². The molecule has 0 fully saturated rings. The number of rotatable bonds is 16. The van der Waals surface area contributed by atoms with E-state index in [0.717, 1.165) is 25.7 Å². The molecule has 5 aliphatic heterocycles. The second-order valence-electron chi connectivity index (χ2n) is 12.3. The van der Waals surface area contributed by atoms with Gasteiger partial charge in [0.25, 0.3) is 0 Å². The second kappa shape index (κ2) is 18.1. The minimum atomic E-state index is -0.661. The smallest absolute Gasteiger partial charge is 0.342 e. The fourth-order valence-corrected chi connectivity index (χ4v) is 5.45. The van der Waals surface area contributed by atoms with Crippen molar-refractivity contribution in [3.8, 4) is 0 Å². The Bertz CT molecular complexity index is 1620. The summed E-state index contributed by atoms with van der Waals surface area (Å²) >= 11 is 0. The number of fused-ring (bicyclic) bond motifs is 4. The molecule has 0 aromatic rings. The van der Waals surface area contributed by atoms with Crippen LogP contribution in [0.4, 0.5) is 0 Å². The highest BCUT2D eigenvalue weighted by Crippen LogP contribution is 2.31. The van der Waals surface area contributed by atoms with E-state index in [-0.39, 0.29) is 94.4 Å². The van der Waals surface area contributed by atoms with Gasteiger partial charge in [0.1, 0.15) is 22.3 Å². The lowest BCUT2D eigenvalue weighted by molar-refractivity contribution is -0.139. The van der Waals surface area contributed by atoms with E-state index in [1.165, 1.54) is 0 Å². The van der Waals surface area contributed by atoms with Crippen molar-refractivity contribution in [2.45, 2.75) is 79.1 Å². The summed E-state index contributed by atoms with van der Waals surface area (Å²) in [6.45, 7) is 8.67. The van der Waals surface area contributed by atoms with E-state index in [9.17, 15) is 19.2 Å². The monoisotopic (exact) mass is 708 g/mol. The summed E-state index contributed by atoms with van der Waals surface area (Å²) in [6, 6.07) is 0. The third-order valence-corrected chi connectivity index (χ3v) is 8.35. The first-order chi connectivity index (χ1) is 25.3. The number of hydrogen-bond donors (Lipinski definition) is 0. The van der Waals surface area contributed by atoms with Gasteiger partial charge in [0.2, 0.25) is 0 Å². The quantitative estimate of drug-likeness (QED) is 0.101. The Labute approximate surface area is 303 Å². The number of allylic oxidation sites excluding steroid dienone is 8. The van der Waals surface area contributed by atoms with Crippen LogP contribution in [0.15, 0.2) is 114 Å². The van der Waals surface area contributed by atoms with Crippen LogP contribution in [0.2, 0.25) is 0 Å². The number of aliphatic imine (C=N–C) groups is 4. The fourth-order valence-electron chi connectivity index (χ4n) is 5.45. The van der Waals surface area contributed by atoms with Crippen molar-refractivity contribution in [2.75, 3.05) is 26.4 Å². The van der Waals surface area contributed by atoms with E-state index < -0.39 is 23.9 Å². The third-order valence-electron chi connectivity index (χ3n) is 8.35. The topological polar surface area (TPSA) is 155 Å². The number of nitrogens with zero attached hydrogens (tertiary/aromatic N) is 4. The van der Waals surface area contributed by atoms with Crippen LogP contribution >= 0.6 is 0 Å². The summed E-state index contributed by atoms with van der Waals surface area (Å²) in [5.41, 5.74) is 1.81. The normalized spacial score (nSPS) is 17.2. The molecule has 0 saturated carbocycles. The lowest BCUT2D eigenvalue weighted by atomic mass is 10.1. The van der Waals surface area contributed by atoms with E-state index in [2.05, 4.69) is 0 Å². The van der Waals surface area contributed by atoms with Crippen LogP contribution in [-0.4, -0.2) is 73.2 Å². The molecular weight excluding hydrogens is 664 g/mol. The van der Waals surface area contributed by atoms with Crippen molar-refractivity contribution >= 4 is 46.7 Å². The number of carbonyl (C=O) groups excluding carboxylic acids is 4. The van der Waals surface area contributed by atoms with E-state index >= 15 is 0 Å². The van der Waals surface area contributed by atoms with Crippen LogP contribution in [0.25, 0.3) is 0 Å². The van der Waals surface area contributed by atoms with E-state index in [0.29, 0.717) is 25.7 Å². The zero-order valence-corrected chi connectivity index (χ0v) is 30.2. The minimum absolute atomic E-state index is 0.0517. The van der Waals surface area contributed by atoms with Crippen molar-refractivity contribution in [2.24, 2.45) is 20.0 Å². The summed E-state index contributed by atoms with van der Waals surface area (Å²) < 4.78 is 22.5. The van der Waals surface area contributed by atoms with Gasteiger partial charge in [-0.2, -0.15) is 0 Å². The van der Waals surface area contributed by atoms with Gasteiger partial charge in [-0.05, 0) is 74.3 Å². The SMILES string of the molecule is CCCCOC(=O)C1=C2C=CC(=N2)C(C(=O)OCCCC)=C2C=CC(=N2)C(C(=O)OCCCC)=C2C=CC(=N2)C(C(=O)OCCCC)=C2C=CC1=N2. The lowest BCUT2D eigenvalue weighted by Crippen LogP contribution is -2.19. The van der Waals surface area contributed by atoms with Crippen molar-refractivity contribution in [1.82, 2.24) is 0 Å². The maximum absolute atomic E-state index is 13.7. The Balaban J connectivity index is 1.76. The van der Waals surface area contributed by atoms with Gasteiger partial charge in [0, 0.05) is 0 Å². The molecule has 0 amide bonds. The summed E-state index contributed by atoms with van der Waals surface area (Å²) in [5.74, 6) is -2.64. The molecule has 12 nitrogen and oxygen atoms in total. The van der Waals surface area contributed by atoms with Gasteiger partial charge in [-0.15, -0.1) is 0 Å². The molecule has 0 radical (unpaired) electrons. The van der Waals surface area contributed by atoms with Gasteiger partial charge in [-0.1, -0.05) is 53.4 Å². The molecular formula is C40H44N4O8. The molecule has 12 heteroatoms. The Morgan fingerprint density at radius 3 is 0.788 bits per heavy atom.